The van der Waals surface area contributed by atoms with Gasteiger partial charge in [-0.3, -0.25) is 4.79 Å². The number of carbonyl (C=O) groups excluding carboxylic acids is 1. The minimum Gasteiger partial charge on any atom is -0.368 e. The van der Waals surface area contributed by atoms with E-state index in [4.69, 9.17) is 5.73 Å². The van der Waals surface area contributed by atoms with Gasteiger partial charge < -0.3 is 5.73 Å². The normalized spacial score (nSPS) is 23.9. The van der Waals surface area contributed by atoms with E-state index in [0.29, 0.717) is 19.4 Å². The third kappa shape index (κ3) is 2.92. The highest BCUT2D eigenvalue weighted by Gasteiger charge is 2.34. The average molecular weight is 234 g/mol. The van der Waals surface area contributed by atoms with Crippen LogP contribution in [-0.2, 0) is 14.8 Å². The average Bonchev–Trinajstić information content (AvgIpc) is 2.17. The van der Waals surface area contributed by atoms with E-state index in [1.807, 2.05) is 0 Å². The number of primary amides is 1. The van der Waals surface area contributed by atoms with Gasteiger partial charge in [0.1, 0.15) is 6.04 Å². The Bertz CT molecular complexity index is 326. The summed E-state index contributed by atoms with van der Waals surface area (Å²) < 4.78 is 24.9. The van der Waals surface area contributed by atoms with E-state index in [2.05, 4.69) is 0 Å². The Morgan fingerprint density at radius 3 is 2.67 bits per heavy atom. The molecule has 15 heavy (non-hydrogen) atoms. The van der Waals surface area contributed by atoms with Crippen molar-refractivity contribution in [1.29, 1.82) is 0 Å². The summed E-state index contributed by atoms with van der Waals surface area (Å²) >= 11 is 0. The number of amides is 1. The highest BCUT2D eigenvalue weighted by molar-refractivity contribution is 7.89. The number of nitrogens with two attached hydrogens (primary N) is 1. The summed E-state index contributed by atoms with van der Waals surface area (Å²) in [5.74, 6) is -0.439. The van der Waals surface area contributed by atoms with Crippen molar-refractivity contribution < 1.29 is 13.2 Å². The predicted molar refractivity (Wildman–Crippen MR) is 57.6 cm³/mol. The number of piperidine rings is 1. The summed E-state index contributed by atoms with van der Waals surface area (Å²) in [4.78, 5) is 11.1. The highest BCUT2D eigenvalue weighted by atomic mass is 32.2. The lowest BCUT2D eigenvalue weighted by molar-refractivity contribution is -0.122. The van der Waals surface area contributed by atoms with Gasteiger partial charge in [-0.2, -0.15) is 4.31 Å². The molecule has 1 atom stereocenters. The maximum atomic E-state index is 11.8. The highest BCUT2D eigenvalue weighted by Crippen LogP contribution is 2.20. The van der Waals surface area contributed by atoms with Gasteiger partial charge in [0, 0.05) is 6.54 Å². The standard InChI is InChI=1S/C9H18N2O3S/c1-2-7-15(13,14)11-6-4-3-5-8(11)9(10)12/h8H,2-7H2,1H3,(H2,10,12). The van der Waals surface area contributed by atoms with Crippen molar-refractivity contribution in [3.8, 4) is 0 Å². The molecule has 1 aliphatic heterocycles. The van der Waals surface area contributed by atoms with Crippen molar-refractivity contribution in [2.75, 3.05) is 12.3 Å². The molecule has 0 radical (unpaired) electrons. The molecule has 1 rings (SSSR count). The molecule has 6 heteroatoms. The molecule has 1 heterocycles. The summed E-state index contributed by atoms with van der Waals surface area (Å²) in [6.07, 6.45) is 2.79. The van der Waals surface area contributed by atoms with Crippen LogP contribution in [-0.4, -0.2) is 37.0 Å². The molecular weight excluding hydrogens is 216 g/mol. The van der Waals surface area contributed by atoms with Crippen molar-refractivity contribution in [1.82, 2.24) is 4.31 Å². The molecule has 2 N–H and O–H groups in total. The third-order valence-electron chi connectivity index (χ3n) is 2.60. The van der Waals surface area contributed by atoms with E-state index in [1.165, 1.54) is 4.31 Å². The Morgan fingerprint density at radius 2 is 2.13 bits per heavy atom. The Labute approximate surface area is 90.7 Å². The fourth-order valence-electron chi connectivity index (χ4n) is 1.90. The van der Waals surface area contributed by atoms with Crippen LogP contribution in [0.1, 0.15) is 32.6 Å². The summed E-state index contributed by atoms with van der Waals surface area (Å²) in [5, 5.41) is 0. The van der Waals surface area contributed by atoms with Gasteiger partial charge in [0.2, 0.25) is 15.9 Å². The van der Waals surface area contributed by atoms with Gasteiger partial charge in [0.05, 0.1) is 5.75 Å². The Kier molecular flexibility index (Phi) is 4.10. The minimum atomic E-state index is -3.30. The number of sulfonamides is 1. The molecule has 0 aromatic heterocycles. The zero-order chi connectivity index (χ0) is 11.5. The molecule has 0 bridgehead atoms. The Morgan fingerprint density at radius 1 is 1.47 bits per heavy atom. The van der Waals surface area contributed by atoms with Crippen LogP contribution in [0.25, 0.3) is 0 Å². The summed E-state index contributed by atoms with van der Waals surface area (Å²) in [7, 11) is -3.30. The molecule has 88 valence electrons. The zero-order valence-corrected chi connectivity index (χ0v) is 9.79. The van der Waals surface area contributed by atoms with Crippen LogP contribution in [0.5, 0.6) is 0 Å². The molecular formula is C9H18N2O3S. The first-order valence-corrected chi connectivity index (χ1v) is 6.89. The lowest BCUT2D eigenvalue weighted by atomic mass is 10.0. The fourth-order valence-corrected chi connectivity index (χ4v) is 3.65. The van der Waals surface area contributed by atoms with Crippen molar-refractivity contribution in [2.45, 2.75) is 38.6 Å². The molecule has 0 spiro atoms. The van der Waals surface area contributed by atoms with Gasteiger partial charge in [0.15, 0.2) is 0 Å². The first-order chi connectivity index (χ1) is 6.99. The van der Waals surface area contributed by atoms with Crippen LogP contribution in [0.4, 0.5) is 0 Å². The molecule has 1 unspecified atom stereocenters. The van der Waals surface area contributed by atoms with E-state index >= 15 is 0 Å². The quantitative estimate of drug-likeness (QED) is 0.747. The first-order valence-electron chi connectivity index (χ1n) is 5.28. The zero-order valence-electron chi connectivity index (χ0n) is 8.98. The fraction of sp³-hybridized carbons (Fsp3) is 0.889. The van der Waals surface area contributed by atoms with Crippen LogP contribution >= 0.6 is 0 Å². The molecule has 0 aromatic carbocycles. The second kappa shape index (κ2) is 4.94. The van der Waals surface area contributed by atoms with Gasteiger partial charge in [-0.15, -0.1) is 0 Å². The van der Waals surface area contributed by atoms with Gasteiger partial charge in [-0.25, -0.2) is 8.42 Å². The van der Waals surface area contributed by atoms with Crippen molar-refractivity contribution in [2.24, 2.45) is 5.73 Å². The lowest BCUT2D eigenvalue weighted by Crippen LogP contribution is -2.50. The molecule has 1 fully saturated rings. The number of rotatable bonds is 4. The molecule has 0 aromatic rings. The monoisotopic (exact) mass is 234 g/mol. The van der Waals surface area contributed by atoms with Crippen molar-refractivity contribution in [3.05, 3.63) is 0 Å². The Balaban J connectivity index is 2.85. The molecule has 5 nitrogen and oxygen atoms in total. The van der Waals surface area contributed by atoms with E-state index < -0.39 is 22.0 Å². The molecule has 1 saturated heterocycles. The largest absolute Gasteiger partial charge is 0.368 e. The maximum absolute atomic E-state index is 11.8. The van der Waals surface area contributed by atoms with E-state index in [1.54, 1.807) is 6.92 Å². The Hall–Kier alpha value is -0.620. The number of nitrogens with zero attached hydrogens (tertiary/aromatic N) is 1. The van der Waals surface area contributed by atoms with Crippen LogP contribution in [0.2, 0.25) is 0 Å². The third-order valence-corrected chi connectivity index (χ3v) is 4.68. The van der Waals surface area contributed by atoms with E-state index in [0.717, 1.165) is 12.8 Å². The minimum absolute atomic E-state index is 0.0940. The van der Waals surface area contributed by atoms with Crippen LogP contribution in [0.15, 0.2) is 0 Å². The maximum Gasteiger partial charge on any atom is 0.235 e. The topological polar surface area (TPSA) is 80.5 Å². The summed E-state index contributed by atoms with van der Waals surface area (Å²) in [6.45, 7) is 2.23. The second-order valence-corrected chi connectivity index (χ2v) is 5.88. The number of carbonyl (C=O) groups is 1. The van der Waals surface area contributed by atoms with Gasteiger partial charge in [-0.1, -0.05) is 13.3 Å². The summed E-state index contributed by atoms with van der Waals surface area (Å²) in [6, 6.07) is -0.629. The van der Waals surface area contributed by atoms with E-state index in [9.17, 15) is 13.2 Å². The SMILES string of the molecule is CCCS(=O)(=O)N1CCCCC1C(N)=O. The second-order valence-electron chi connectivity index (χ2n) is 3.84. The van der Waals surface area contributed by atoms with Gasteiger partial charge >= 0.3 is 0 Å². The van der Waals surface area contributed by atoms with Crippen LogP contribution in [0.3, 0.4) is 0 Å². The predicted octanol–water partition coefficient (Wildman–Crippen LogP) is 0.0660. The number of hydrogen-bond acceptors (Lipinski definition) is 3. The smallest absolute Gasteiger partial charge is 0.235 e. The molecule has 1 aliphatic rings. The lowest BCUT2D eigenvalue weighted by Gasteiger charge is -2.32. The molecule has 0 aliphatic carbocycles. The summed E-state index contributed by atoms with van der Waals surface area (Å²) in [5.41, 5.74) is 5.21. The van der Waals surface area contributed by atoms with Gasteiger partial charge in [-0.05, 0) is 19.3 Å². The van der Waals surface area contributed by atoms with Crippen molar-refractivity contribution in [3.63, 3.8) is 0 Å². The van der Waals surface area contributed by atoms with Crippen molar-refractivity contribution >= 4 is 15.9 Å². The molecule has 0 saturated carbocycles. The molecule has 1 amide bonds. The first kappa shape index (κ1) is 12.4. The van der Waals surface area contributed by atoms with Crippen LogP contribution < -0.4 is 5.73 Å². The van der Waals surface area contributed by atoms with Crippen LogP contribution in [0, 0.1) is 0 Å². The van der Waals surface area contributed by atoms with E-state index in [-0.39, 0.29) is 5.75 Å². The van der Waals surface area contributed by atoms with Gasteiger partial charge in [0.25, 0.3) is 0 Å². The number of hydrogen-bond donors (Lipinski definition) is 1.